The number of carbonyl (C=O) groups excluding carboxylic acids is 1. The van der Waals surface area contributed by atoms with E-state index in [1.165, 1.54) is 0 Å². The van der Waals surface area contributed by atoms with Gasteiger partial charge in [0.15, 0.2) is 0 Å². The molecule has 16 heavy (non-hydrogen) atoms. The maximum Gasteiger partial charge on any atom is 0.227 e. The van der Waals surface area contributed by atoms with Crippen molar-refractivity contribution in [3.05, 3.63) is 29.8 Å². The van der Waals surface area contributed by atoms with E-state index in [0.29, 0.717) is 12.8 Å². The third-order valence-corrected chi connectivity index (χ3v) is 3.05. The summed E-state index contributed by atoms with van der Waals surface area (Å²) in [5.41, 5.74) is 1.85. The highest BCUT2D eigenvalue weighted by Gasteiger charge is 2.21. The standard InChI is InChI=1S/C13H17NO2/c1-2-12(15)10-5-7-11(8-6-10)14-9-3-4-13(14)16/h5-8,12,15H,2-4,9H2,1H3/t12-/m1/s1. The number of anilines is 1. The Kier molecular flexibility index (Phi) is 3.25. The first-order chi connectivity index (χ1) is 7.72. The normalized spacial score (nSPS) is 17.9. The summed E-state index contributed by atoms with van der Waals surface area (Å²) in [6, 6.07) is 7.62. The number of rotatable bonds is 3. The molecule has 1 fully saturated rings. The lowest BCUT2D eigenvalue weighted by atomic mass is 10.1. The Balaban J connectivity index is 2.15. The predicted molar refractivity (Wildman–Crippen MR) is 63.3 cm³/mol. The molecule has 1 aliphatic rings. The molecule has 1 atom stereocenters. The monoisotopic (exact) mass is 219 g/mol. The van der Waals surface area contributed by atoms with E-state index in [0.717, 1.165) is 24.2 Å². The van der Waals surface area contributed by atoms with Crippen LogP contribution in [0.25, 0.3) is 0 Å². The lowest BCUT2D eigenvalue weighted by Gasteiger charge is -2.16. The number of carbonyl (C=O) groups is 1. The number of aliphatic hydroxyl groups is 1. The summed E-state index contributed by atoms with van der Waals surface area (Å²) in [4.78, 5) is 13.3. The summed E-state index contributed by atoms with van der Waals surface area (Å²) in [5, 5.41) is 9.66. The van der Waals surface area contributed by atoms with E-state index < -0.39 is 6.10 Å². The molecule has 1 aromatic rings. The van der Waals surface area contributed by atoms with E-state index in [4.69, 9.17) is 0 Å². The first-order valence-electron chi connectivity index (χ1n) is 5.80. The second kappa shape index (κ2) is 4.66. The zero-order valence-electron chi connectivity index (χ0n) is 9.52. The molecule has 1 aliphatic heterocycles. The van der Waals surface area contributed by atoms with Crippen molar-refractivity contribution in [3.63, 3.8) is 0 Å². The number of hydrogen-bond donors (Lipinski definition) is 1. The van der Waals surface area contributed by atoms with Gasteiger partial charge in [0, 0.05) is 18.7 Å². The molecular weight excluding hydrogens is 202 g/mol. The van der Waals surface area contributed by atoms with Crippen LogP contribution >= 0.6 is 0 Å². The molecule has 0 unspecified atom stereocenters. The minimum Gasteiger partial charge on any atom is -0.388 e. The summed E-state index contributed by atoms with van der Waals surface area (Å²) < 4.78 is 0. The van der Waals surface area contributed by atoms with Crippen molar-refractivity contribution in [2.24, 2.45) is 0 Å². The maximum atomic E-state index is 11.5. The first-order valence-corrected chi connectivity index (χ1v) is 5.80. The number of aliphatic hydroxyl groups excluding tert-OH is 1. The third-order valence-electron chi connectivity index (χ3n) is 3.05. The van der Waals surface area contributed by atoms with Gasteiger partial charge in [-0.1, -0.05) is 19.1 Å². The minimum absolute atomic E-state index is 0.198. The second-order valence-corrected chi connectivity index (χ2v) is 4.16. The number of hydrogen-bond acceptors (Lipinski definition) is 2. The van der Waals surface area contributed by atoms with Crippen molar-refractivity contribution in [2.45, 2.75) is 32.3 Å². The zero-order chi connectivity index (χ0) is 11.5. The molecule has 3 heteroatoms. The highest BCUT2D eigenvalue weighted by Crippen LogP contribution is 2.24. The van der Waals surface area contributed by atoms with Crippen LogP contribution in [0.1, 0.15) is 37.9 Å². The smallest absolute Gasteiger partial charge is 0.227 e. The van der Waals surface area contributed by atoms with Crippen LogP contribution in [0.5, 0.6) is 0 Å². The van der Waals surface area contributed by atoms with Crippen molar-refractivity contribution in [3.8, 4) is 0 Å². The fourth-order valence-electron chi connectivity index (χ4n) is 2.03. The molecule has 0 aliphatic carbocycles. The molecule has 0 bridgehead atoms. The lowest BCUT2D eigenvalue weighted by Crippen LogP contribution is -2.23. The van der Waals surface area contributed by atoms with Gasteiger partial charge in [-0.3, -0.25) is 4.79 Å². The van der Waals surface area contributed by atoms with Crippen molar-refractivity contribution in [1.82, 2.24) is 0 Å². The van der Waals surface area contributed by atoms with Gasteiger partial charge >= 0.3 is 0 Å². The van der Waals surface area contributed by atoms with Gasteiger partial charge < -0.3 is 10.0 Å². The van der Waals surface area contributed by atoms with Crippen LogP contribution in [0.4, 0.5) is 5.69 Å². The molecule has 1 N–H and O–H groups in total. The molecule has 86 valence electrons. The van der Waals surface area contributed by atoms with Crippen LogP contribution in [0, 0.1) is 0 Å². The Morgan fingerprint density at radius 2 is 2.06 bits per heavy atom. The number of nitrogens with zero attached hydrogens (tertiary/aromatic N) is 1. The van der Waals surface area contributed by atoms with Crippen LogP contribution < -0.4 is 4.90 Å². The fourth-order valence-corrected chi connectivity index (χ4v) is 2.03. The topological polar surface area (TPSA) is 40.5 Å². The van der Waals surface area contributed by atoms with Gasteiger partial charge in [-0.15, -0.1) is 0 Å². The third kappa shape index (κ3) is 2.09. The molecular formula is C13H17NO2. The summed E-state index contributed by atoms with van der Waals surface area (Å²) in [6.45, 7) is 2.76. The quantitative estimate of drug-likeness (QED) is 0.847. The summed E-state index contributed by atoms with van der Waals surface area (Å²) in [6.07, 6.45) is 1.91. The summed E-state index contributed by atoms with van der Waals surface area (Å²) in [5.74, 6) is 0.198. The van der Waals surface area contributed by atoms with E-state index in [2.05, 4.69) is 0 Å². The van der Waals surface area contributed by atoms with Gasteiger partial charge in [0.2, 0.25) is 5.91 Å². The van der Waals surface area contributed by atoms with Crippen molar-refractivity contribution < 1.29 is 9.90 Å². The summed E-state index contributed by atoms with van der Waals surface area (Å²) in [7, 11) is 0. The molecule has 3 nitrogen and oxygen atoms in total. The molecule has 1 amide bonds. The summed E-state index contributed by atoms with van der Waals surface area (Å²) >= 11 is 0. The number of benzene rings is 1. The molecule has 1 aromatic carbocycles. The zero-order valence-corrected chi connectivity index (χ0v) is 9.52. The van der Waals surface area contributed by atoms with E-state index in [1.54, 1.807) is 0 Å². The van der Waals surface area contributed by atoms with Gasteiger partial charge in [0.25, 0.3) is 0 Å². The van der Waals surface area contributed by atoms with E-state index >= 15 is 0 Å². The predicted octanol–water partition coefficient (Wildman–Crippen LogP) is 2.26. The molecule has 0 aromatic heterocycles. The average Bonchev–Trinajstić information content (AvgIpc) is 2.75. The Labute approximate surface area is 95.7 Å². The molecule has 2 rings (SSSR count). The van der Waals surface area contributed by atoms with E-state index in [9.17, 15) is 9.90 Å². The van der Waals surface area contributed by atoms with Gasteiger partial charge in [0.1, 0.15) is 0 Å². The maximum absolute atomic E-state index is 11.5. The minimum atomic E-state index is -0.400. The Morgan fingerprint density at radius 1 is 1.38 bits per heavy atom. The average molecular weight is 219 g/mol. The lowest BCUT2D eigenvalue weighted by molar-refractivity contribution is -0.117. The molecule has 0 saturated carbocycles. The van der Waals surface area contributed by atoms with Crippen LogP contribution in [0.15, 0.2) is 24.3 Å². The second-order valence-electron chi connectivity index (χ2n) is 4.16. The molecule has 0 spiro atoms. The van der Waals surface area contributed by atoms with Crippen LogP contribution in [-0.4, -0.2) is 17.6 Å². The van der Waals surface area contributed by atoms with Crippen LogP contribution in [0.2, 0.25) is 0 Å². The largest absolute Gasteiger partial charge is 0.388 e. The van der Waals surface area contributed by atoms with Gasteiger partial charge in [0.05, 0.1) is 6.10 Å². The molecule has 1 heterocycles. The van der Waals surface area contributed by atoms with Crippen molar-refractivity contribution in [1.29, 1.82) is 0 Å². The SMILES string of the molecule is CC[C@@H](O)c1ccc(N2CCCC2=O)cc1. The first kappa shape index (κ1) is 11.1. The van der Waals surface area contributed by atoms with Crippen LogP contribution in [-0.2, 0) is 4.79 Å². The highest BCUT2D eigenvalue weighted by molar-refractivity contribution is 5.95. The van der Waals surface area contributed by atoms with E-state index in [1.807, 2.05) is 36.1 Å². The molecule has 1 saturated heterocycles. The van der Waals surface area contributed by atoms with Crippen molar-refractivity contribution in [2.75, 3.05) is 11.4 Å². The van der Waals surface area contributed by atoms with Gasteiger partial charge in [-0.25, -0.2) is 0 Å². The number of amides is 1. The highest BCUT2D eigenvalue weighted by atomic mass is 16.3. The Hall–Kier alpha value is -1.35. The Bertz CT molecular complexity index is 372. The fraction of sp³-hybridized carbons (Fsp3) is 0.462. The van der Waals surface area contributed by atoms with E-state index in [-0.39, 0.29) is 5.91 Å². The van der Waals surface area contributed by atoms with Gasteiger partial charge in [-0.2, -0.15) is 0 Å². The van der Waals surface area contributed by atoms with Crippen molar-refractivity contribution >= 4 is 11.6 Å². The van der Waals surface area contributed by atoms with Gasteiger partial charge in [-0.05, 0) is 30.5 Å². The Morgan fingerprint density at radius 3 is 2.56 bits per heavy atom. The molecule has 0 radical (unpaired) electrons. The van der Waals surface area contributed by atoms with Crippen LogP contribution in [0.3, 0.4) is 0 Å².